The van der Waals surface area contributed by atoms with Gasteiger partial charge in [-0.3, -0.25) is 9.59 Å². The van der Waals surface area contributed by atoms with E-state index in [-0.39, 0.29) is 19.4 Å². The number of hydrogen-bond acceptors (Lipinski definition) is 4. The first-order valence-corrected chi connectivity index (χ1v) is 6.35. The number of hydrogen-bond donors (Lipinski definition) is 1. The van der Waals surface area contributed by atoms with Gasteiger partial charge in [0.15, 0.2) is 5.41 Å². The largest absolute Gasteiger partial charge is 0.480 e. The predicted molar refractivity (Wildman–Crippen MR) is 69.9 cm³/mol. The Balaban J connectivity index is 3.06. The van der Waals surface area contributed by atoms with E-state index < -0.39 is 17.4 Å². The van der Waals surface area contributed by atoms with Crippen molar-refractivity contribution in [3.8, 4) is 0 Å². The molecule has 6 heteroatoms. The summed E-state index contributed by atoms with van der Waals surface area (Å²) in [5.74, 6) is -1.91. The quantitative estimate of drug-likeness (QED) is 0.493. The van der Waals surface area contributed by atoms with Crippen molar-refractivity contribution in [3.05, 3.63) is 29.0 Å². The van der Waals surface area contributed by atoms with Crippen LogP contribution in [-0.2, 0) is 20.7 Å². The number of esters is 1. The third-order valence-electron chi connectivity index (χ3n) is 2.97. The summed E-state index contributed by atoms with van der Waals surface area (Å²) in [4.78, 5) is 27.3. The van der Waals surface area contributed by atoms with Crippen molar-refractivity contribution in [1.29, 1.82) is 0 Å². The van der Waals surface area contributed by atoms with Crippen molar-refractivity contribution in [2.45, 2.75) is 26.7 Å². The second-order valence-corrected chi connectivity index (χ2v) is 4.51. The molecule has 1 aromatic rings. The molecule has 19 heavy (non-hydrogen) atoms. The van der Waals surface area contributed by atoms with E-state index in [0.29, 0.717) is 10.7 Å². The molecule has 1 N–H and O–H groups in total. The average Bonchev–Trinajstić information content (AvgIpc) is 2.38. The number of aromatic nitrogens is 1. The summed E-state index contributed by atoms with van der Waals surface area (Å²) in [6.45, 7) is 3.44. The van der Waals surface area contributed by atoms with Crippen LogP contribution in [0.15, 0.2) is 18.3 Å². The van der Waals surface area contributed by atoms with E-state index in [1.54, 1.807) is 26.0 Å². The SMILES string of the molecule is CCOC(=O)C(CC)(Cc1ccc(Cl)nc1)C(=O)O. The Bertz CT molecular complexity index is 460. The van der Waals surface area contributed by atoms with Crippen molar-refractivity contribution in [1.82, 2.24) is 4.98 Å². The van der Waals surface area contributed by atoms with Crippen LogP contribution in [0.1, 0.15) is 25.8 Å². The van der Waals surface area contributed by atoms with E-state index in [1.165, 1.54) is 6.20 Å². The number of nitrogens with zero attached hydrogens (tertiary/aromatic N) is 1. The average molecular weight is 286 g/mol. The molecule has 0 spiro atoms. The van der Waals surface area contributed by atoms with Gasteiger partial charge < -0.3 is 9.84 Å². The van der Waals surface area contributed by atoms with Gasteiger partial charge in [0.25, 0.3) is 0 Å². The summed E-state index contributed by atoms with van der Waals surface area (Å²) in [7, 11) is 0. The predicted octanol–water partition coefficient (Wildman–Crippen LogP) is 2.32. The highest BCUT2D eigenvalue weighted by Gasteiger charge is 2.46. The number of pyridine rings is 1. The molecule has 1 aromatic heterocycles. The zero-order valence-corrected chi connectivity index (χ0v) is 11.6. The molecule has 0 fully saturated rings. The number of rotatable bonds is 6. The molecular weight excluding hydrogens is 270 g/mol. The topological polar surface area (TPSA) is 76.5 Å². The Morgan fingerprint density at radius 2 is 2.11 bits per heavy atom. The highest BCUT2D eigenvalue weighted by atomic mass is 35.5. The molecule has 0 radical (unpaired) electrons. The molecule has 0 aromatic carbocycles. The number of carboxylic acids is 1. The summed E-state index contributed by atoms with van der Waals surface area (Å²) in [5.41, 5.74) is -0.951. The molecule has 5 nitrogen and oxygen atoms in total. The molecule has 0 saturated heterocycles. The fourth-order valence-electron chi connectivity index (χ4n) is 1.78. The first-order chi connectivity index (χ1) is 8.96. The number of carboxylic acid groups (broad SMARTS) is 1. The van der Waals surface area contributed by atoms with Crippen molar-refractivity contribution < 1.29 is 19.4 Å². The van der Waals surface area contributed by atoms with E-state index in [1.807, 2.05) is 0 Å². The Morgan fingerprint density at radius 1 is 1.42 bits per heavy atom. The zero-order chi connectivity index (χ0) is 14.5. The van der Waals surface area contributed by atoms with Crippen molar-refractivity contribution >= 4 is 23.5 Å². The van der Waals surface area contributed by atoms with Crippen molar-refractivity contribution in [2.75, 3.05) is 6.61 Å². The molecule has 1 heterocycles. The van der Waals surface area contributed by atoms with Crippen molar-refractivity contribution in [3.63, 3.8) is 0 Å². The summed E-state index contributed by atoms with van der Waals surface area (Å²) < 4.78 is 4.89. The summed E-state index contributed by atoms with van der Waals surface area (Å²) in [6.07, 6.45) is 1.64. The first kappa shape index (κ1) is 15.4. The van der Waals surface area contributed by atoms with Gasteiger partial charge in [0, 0.05) is 12.6 Å². The van der Waals surface area contributed by atoms with Gasteiger partial charge in [0.1, 0.15) is 5.15 Å². The second kappa shape index (κ2) is 6.52. The van der Waals surface area contributed by atoms with Gasteiger partial charge in [0.2, 0.25) is 0 Å². The van der Waals surface area contributed by atoms with Crippen LogP contribution < -0.4 is 0 Å². The highest BCUT2D eigenvalue weighted by Crippen LogP contribution is 2.29. The Labute approximate surface area is 116 Å². The lowest BCUT2D eigenvalue weighted by Crippen LogP contribution is -2.42. The molecule has 1 rings (SSSR count). The van der Waals surface area contributed by atoms with Gasteiger partial charge in [-0.05, 0) is 25.0 Å². The molecule has 1 atom stereocenters. The maximum atomic E-state index is 12.0. The third-order valence-corrected chi connectivity index (χ3v) is 3.20. The van der Waals surface area contributed by atoms with Crippen LogP contribution in [0.25, 0.3) is 0 Å². The van der Waals surface area contributed by atoms with Gasteiger partial charge in [0.05, 0.1) is 6.61 Å². The minimum atomic E-state index is -1.58. The molecular formula is C13H16ClNO4. The smallest absolute Gasteiger partial charge is 0.323 e. The van der Waals surface area contributed by atoms with Crippen LogP contribution in [0.3, 0.4) is 0 Å². The van der Waals surface area contributed by atoms with Crippen LogP contribution >= 0.6 is 11.6 Å². The Morgan fingerprint density at radius 3 is 2.53 bits per heavy atom. The van der Waals surface area contributed by atoms with Crippen LogP contribution in [0.2, 0.25) is 5.15 Å². The number of ether oxygens (including phenoxy) is 1. The molecule has 0 saturated carbocycles. The zero-order valence-electron chi connectivity index (χ0n) is 10.9. The molecule has 0 bridgehead atoms. The standard InChI is InChI=1S/C13H16ClNO4/c1-3-13(11(16)17,12(18)19-4-2)7-9-5-6-10(14)15-8-9/h5-6,8H,3-4,7H2,1-2H3,(H,16,17). The lowest BCUT2D eigenvalue weighted by Gasteiger charge is -2.25. The number of halogens is 1. The summed E-state index contributed by atoms with van der Waals surface area (Å²) >= 11 is 5.67. The van der Waals surface area contributed by atoms with E-state index in [2.05, 4.69) is 4.98 Å². The van der Waals surface area contributed by atoms with Gasteiger partial charge in [-0.15, -0.1) is 0 Å². The van der Waals surface area contributed by atoms with E-state index >= 15 is 0 Å². The first-order valence-electron chi connectivity index (χ1n) is 5.97. The van der Waals surface area contributed by atoms with Gasteiger partial charge in [-0.25, -0.2) is 4.98 Å². The normalized spacial score (nSPS) is 13.6. The van der Waals surface area contributed by atoms with Crippen LogP contribution in [0.5, 0.6) is 0 Å². The maximum absolute atomic E-state index is 12.0. The molecule has 1 unspecified atom stereocenters. The Kier molecular flexibility index (Phi) is 5.30. The number of carbonyl (C=O) groups excluding carboxylic acids is 1. The van der Waals surface area contributed by atoms with E-state index in [9.17, 15) is 14.7 Å². The minimum Gasteiger partial charge on any atom is -0.480 e. The lowest BCUT2D eigenvalue weighted by molar-refractivity contribution is -0.168. The van der Waals surface area contributed by atoms with Crippen LogP contribution in [0.4, 0.5) is 0 Å². The monoisotopic (exact) mass is 285 g/mol. The lowest BCUT2D eigenvalue weighted by atomic mass is 9.79. The molecule has 0 amide bonds. The van der Waals surface area contributed by atoms with E-state index in [4.69, 9.17) is 16.3 Å². The fraction of sp³-hybridized carbons (Fsp3) is 0.462. The van der Waals surface area contributed by atoms with Crippen molar-refractivity contribution in [2.24, 2.45) is 5.41 Å². The number of aliphatic carboxylic acids is 1. The molecule has 0 aliphatic rings. The summed E-state index contributed by atoms with van der Waals surface area (Å²) in [5, 5.41) is 9.71. The van der Waals surface area contributed by atoms with E-state index in [0.717, 1.165) is 0 Å². The number of carbonyl (C=O) groups is 2. The Hall–Kier alpha value is -1.62. The van der Waals surface area contributed by atoms with Gasteiger partial charge in [-0.1, -0.05) is 24.6 Å². The van der Waals surface area contributed by atoms with Gasteiger partial charge >= 0.3 is 11.9 Å². The second-order valence-electron chi connectivity index (χ2n) is 4.13. The molecule has 104 valence electrons. The fourth-order valence-corrected chi connectivity index (χ4v) is 1.90. The highest BCUT2D eigenvalue weighted by molar-refractivity contribution is 6.29. The minimum absolute atomic E-state index is 0.0296. The molecule has 0 aliphatic heterocycles. The van der Waals surface area contributed by atoms with Crippen LogP contribution in [-0.4, -0.2) is 28.6 Å². The maximum Gasteiger partial charge on any atom is 0.323 e. The molecule has 0 aliphatic carbocycles. The van der Waals surface area contributed by atoms with Gasteiger partial charge in [-0.2, -0.15) is 0 Å². The summed E-state index contributed by atoms with van der Waals surface area (Å²) in [6, 6.07) is 3.21. The van der Waals surface area contributed by atoms with Crippen LogP contribution in [0, 0.1) is 5.41 Å². The third kappa shape index (κ3) is 3.44.